The zero-order valence-corrected chi connectivity index (χ0v) is 11.0. The third kappa shape index (κ3) is 3.94. The molecule has 0 spiro atoms. The van der Waals surface area contributed by atoms with E-state index in [4.69, 9.17) is 0 Å². The lowest BCUT2D eigenvalue weighted by atomic mass is 9.99. The third-order valence-corrected chi connectivity index (χ3v) is 4.09. The summed E-state index contributed by atoms with van der Waals surface area (Å²) in [6.45, 7) is 1.72. The zero-order valence-electron chi connectivity index (χ0n) is 10.2. The fourth-order valence-corrected chi connectivity index (χ4v) is 2.81. The van der Waals surface area contributed by atoms with E-state index >= 15 is 0 Å². The third-order valence-electron chi connectivity index (χ3n) is 3.07. The highest BCUT2D eigenvalue weighted by Gasteiger charge is 2.32. The van der Waals surface area contributed by atoms with Gasteiger partial charge in [-0.3, -0.25) is 4.79 Å². The number of alkyl halides is 3. The zero-order chi connectivity index (χ0) is 13.9. The van der Waals surface area contributed by atoms with Crippen molar-refractivity contribution in [3.63, 3.8) is 0 Å². The number of halogens is 3. The quantitative estimate of drug-likeness (QED) is 0.898. The molecule has 0 aromatic carbocycles. The lowest BCUT2D eigenvalue weighted by molar-refractivity contribution is -0.134. The molecule has 0 saturated carbocycles. The first-order valence-corrected chi connectivity index (χ1v) is 6.98. The van der Waals surface area contributed by atoms with Crippen molar-refractivity contribution in [2.45, 2.75) is 25.6 Å². The van der Waals surface area contributed by atoms with Gasteiger partial charge in [0.25, 0.3) is 0 Å². The van der Waals surface area contributed by atoms with Crippen LogP contribution in [0.15, 0.2) is 11.4 Å². The van der Waals surface area contributed by atoms with Crippen LogP contribution in [0.1, 0.15) is 23.3 Å². The van der Waals surface area contributed by atoms with Crippen molar-refractivity contribution in [1.29, 1.82) is 0 Å². The molecule has 1 aliphatic heterocycles. The summed E-state index contributed by atoms with van der Waals surface area (Å²) in [6, 6.07) is 1.09. The molecular weight excluding hydrogens is 277 g/mol. The van der Waals surface area contributed by atoms with E-state index in [-0.39, 0.29) is 18.4 Å². The van der Waals surface area contributed by atoms with Crippen LogP contribution in [-0.2, 0) is 17.5 Å². The van der Waals surface area contributed by atoms with E-state index in [2.05, 4.69) is 10.6 Å². The van der Waals surface area contributed by atoms with Gasteiger partial charge in [0.15, 0.2) is 0 Å². The number of piperidine rings is 1. The molecule has 1 saturated heterocycles. The van der Waals surface area contributed by atoms with E-state index in [1.54, 1.807) is 0 Å². The standard InChI is InChI=1S/C12H15F3N2OS/c13-12(14,15)10-4-8(7-19-10)5-17-11(18)9-2-1-3-16-6-9/h4,7,9,16H,1-3,5-6H2,(H,17,18)/t9-/m1/s1. The highest BCUT2D eigenvalue weighted by atomic mass is 32.1. The maximum atomic E-state index is 12.4. The normalized spacial score (nSPS) is 20.3. The molecule has 19 heavy (non-hydrogen) atoms. The molecule has 2 rings (SSSR count). The van der Waals surface area contributed by atoms with Gasteiger partial charge in [0, 0.05) is 13.1 Å². The van der Waals surface area contributed by atoms with Gasteiger partial charge in [-0.15, -0.1) is 11.3 Å². The second-order valence-corrected chi connectivity index (χ2v) is 5.49. The summed E-state index contributed by atoms with van der Waals surface area (Å²) >= 11 is 0.655. The van der Waals surface area contributed by atoms with Crippen molar-refractivity contribution < 1.29 is 18.0 Å². The smallest absolute Gasteiger partial charge is 0.352 e. The second-order valence-electron chi connectivity index (χ2n) is 4.58. The first-order chi connectivity index (χ1) is 8.97. The number of carbonyl (C=O) groups excluding carboxylic acids is 1. The maximum Gasteiger partial charge on any atom is 0.425 e. The highest BCUT2D eigenvalue weighted by molar-refractivity contribution is 7.10. The van der Waals surface area contributed by atoms with Crippen molar-refractivity contribution in [2.75, 3.05) is 13.1 Å². The van der Waals surface area contributed by atoms with E-state index in [1.165, 1.54) is 5.38 Å². The summed E-state index contributed by atoms with van der Waals surface area (Å²) in [5.41, 5.74) is 0.495. The molecule has 1 atom stereocenters. The summed E-state index contributed by atoms with van der Waals surface area (Å²) in [5.74, 6) is -0.165. The molecule has 1 fully saturated rings. The molecule has 0 radical (unpaired) electrons. The SMILES string of the molecule is O=C(NCc1csc(C(F)(F)F)c1)[C@@H]1CCCNC1. The summed E-state index contributed by atoms with van der Waals surface area (Å²) in [6.07, 6.45) is -2.52. The van der Waals surface area contributed by atoms with Crippen LogP contribution >= 0.6 is 11.3 Å². The van der Waals surface area contributed by atoms with Gasteiger partial charge in [-0.05, 0) is 36.4 Å². The van der Waals surface area contributed by atoms with E-state index in [0.717, 1.165) is 25.5 Å². The van der Waals surface area contributed by atoms with Gasteiger partial charge in [0.05, 0.1) is 5.92 Å². The Kier molecular flexibility index (Phi) is 4.46. The molecule has 7 heteroatoms. The Hall–Kier alpha value is -1.08. The number of amides is 1. The first-order valence-electron chi connectivity index (χ1n) is 6.10. The van der Waals surface area contributed by atoms with Crippen molar-refractivity contribution in [3.05, 3.63) is 21.9 Å². The van der Waals surface area contributed by atoms with Crippen LogP contribution in [0.2, 0.25) is 0 Å². The van der Waals surface area contributed by atoms with Gasteiger partial charge in [0.1, 0.15) is 4.88 Å². The summed E-state index contributed by atoms with van der Waals surface area (Å²) in [4.78, 5) is 11.2. The van der Waals surface area contributed by atoms with Crippen LogP contribution in [0.5, 0.6) is 0 Å². The Labute approximate surface area is 113 Å². The predicted molar refractivity (Wildman–Crippen MR) is 66.8 cm³/mol. The van der Waals surface area contributed by atoms with Crippen molar-refractivity contribution in [3.8, 4) is 0 Å². The Morgan fingerprint density at radius 3 is 2.89 bits per heavy atom. The molecule has 2 heterocycles. The molecule has 1 aliphatic rings. The average Bonchev–Trinajstić information content (AvgIpc) is 2.86. The van der Waals surface area contributed by atoms with Crippen LogP contribution in [-0.4, -0.2) is 19.0 Å². The molecule has 1 aromatic heterocycles. The van der Waals surface area contributed by atoms with E-state index in [0.29, 0.717) is 23.4 Å². The maximum absolute atomic E-state index is 12.4. The Bertz CT molecular complexity index is 438. The van der Waals surface area contributed by atoms with Crippen LogP contribution in [0.4, 0.5) is 13.2 Å². The summed E-state index contributed by atoms with van der Waals surface area (Å²) in [5, 5.41) is 7.26. The topological polar surface area (TPSA) is 41.1 Å². The number of hydrogen-bond acceptors (Lipinski definition) is 3. The predicted octanol–water partition coefficient (Wildman–Crippen LogP) is 2.38. The highest BCUT2D eigenvalue weighted by Crippen LogP contribution is 2.34. The molecule has 2 N–H and O–H groups in total. The number of carbonyl (C=O) groups is 1. The number of rotatable bonds is 3. The van der Waals surface area contributed by atoms with Gasteiger partial charge in [-0.25, -0.2) is 0 Å². The van der Waals surface area contributed by atoms with Crippen LogP contribution in [0.25, 0.3) is 0 Å². The molecule has 3 nitrogen and oxygen atoms in total. The largest absolute Gasteiger partial charge is 0.425 e. The van der Waals surface area contributed by atoms with Gasteiger partial charge in [-0.2, -0.15) is 13.2 Å². The molecular formula is C12H15F3N2OS. The number of nitrogens with one attached hydrogen (secondary N) is 2. The summed E-state index contributed by atoms with van der Waals surface area (Å²) < 4.78 is 37.2. The molecule has 0 aliphatic carbocycles. The molecule has 1 aromatic rings. The minimum absolute atomic E-state index is 0.0746. The molecule has 0 unspecified atom stereocenters. The van der Waals surface area contributed by atoms with Crippen molar-refractivity contribution in [1.82, 2.24) is 10.6 Å². The van der Waals surface area contributed by atoms with Gasteiger partial charge in [-0.1, -0.05) is 0 Å². The van der Waals surface area contributed by atoms with Crippen molar-refractivity contribution in [2.24, 2.45) is 5.92 Å². The van der Waals surface area contributed by atoms with Gasteiger partial charge < -0.3 is 10.6 Å². The lowest BCUT2D eigenvalue weighted by Gasteiger charge is -2.21. The summed E-state index contributed by atoms with van der Waals surface area (Å²) in [7, 11) is 0. The lowest BCUT2D eigenvalue weighted by Crippen LogP contribution is -2.40. The van der Waals surface area contributed by atoms with E-state index in [9.17, 15) is 18.0 Å². The number of thiophene rings is 1. The van der Waals surface area contributed by atoms with E-state index in [1.807, 2.05) is 0 Å². The van der Waals surface area contributed by atoms with E-state index < -0.39 is 11.1 Å². The Morgan fingerprint density at radius 2 is 2.32 bits per heavy atom. The molecule has 106 valence electrons. The Morgan fingerprint density at radius 1 is 1.53 bits per heavy atom. The average molecular weight is 292 g/mol. The van der Waals surface area contributed by atoms with Crippen LogP contribution < -0.4 is 10.6 Å². The fourth-order valence-electron chi connectivity index (χ4n) is 2.03. The van der Waals surface area contributed by atoms with Crippen LogP contribution in [0.3, 0.4) is 0 Å². The minimum Gasteiger partial charge on any atom is -0.352 e. The number of hydrogen-bond donors (Lipinski definition) is 2. The fraction of sp³-hybridized carbons (Fsp3) is 0.583. The van der Waals surface area contributed by atoms with Gasteiger partial charge >= 0.3 is 6.18 Å². The van der Waals surface area contributed by atoms with Gasteiger partial charge in [0.2, 0.25) is 5.91 Å². The second kappa shape index (κ2) is 5.92. The molecule has 1 amide bonds. The monoisotopic (exact) mass is 292 g/mol. The minimum atomic E-state index is -4.31. The van der Waals surface area contributed by atoms with Crippen LogP contribution in [0, 0.1) is 5.92 Å². The molecule has 0 bridgehead atoms. The Balaban J connectivity index is 1.85. The first kappa shape index (κ1) is 14.3. The van der Waals surface area contributed by atoms with Crippen molar-refractivity contribution >= 4 is 17.2 Å².